The van der Waals surface area contributed by atoms with Crippen molar-refractivity contribution in [3.8, 4) is 0 Å². The minimum Gasteiger partial charge on any atom is -0.357 e. The molecular weight excluding hydrogens is 415 g/mol. The summed E-state index contributed by atoms with van der Waals surface area (Å²) in [5.41, 5.74) is -0.586. The fraction of sp³-hybridized carbons (Fsp3) is 0.929. The lowest BCUT2D eigenvalue weighted by Gasteiger charge is -2.33. The Hall–Kier alpha value is -0.0900. The van der Waals surface area contributed by atoms with Gasteiger partial charge < -0.3 is 10.2 Å². The van der Waals surface area contributed by atoms with Crippen LogP contribution in [-0.2, 0) is 10.0 Å². The maximum absolute atomic E-state index is 11.4. The molecule has 0 unspecified atom stereocenters. The van der Waals surface area contributed by atoms with Gasteiger partial charge in [-0.3, -0.25) is 4.99 Å². The van der Waals surface area contributed by atoms with Crippen LogP contribution in [0.25, 0.3) is 0 Å². The number of nitrogens with zero attached hydrogens (tertiary/aromatic N) is 2. The van der Waals surface area contributed by atoms with Crippen molar-refractivity contribution in [2.75, 3.05) is 32.4 Å². The maximum atomic E-state index is 11.4. The minimum atomic E-state index is -3.23. The molecule has 6 nitrogen and oxygen atoms in total. The van der Waals surface area contributed by atoms with Gasteiger partial charge in [0, 0.05) is 25.2 Å². The van der Waals surface area contributed by atoms with Gasteiger partial charge in [-0.2, -0.15) is 0 Å². The molecule has 0 amide bonds. The molecule has 132 valence electrons. The molecular formula is C14H31IN4O2S. The summed E-state index contributed by atoms with van der Waals surface area (Å²) in [5.74, 6) is 1.65. The second kappa shape index (κ2) is 9.27. The summed E-state index contributed by atoms with van der Waals surface area (Å²) < 4.78 is 25.4. The van der Waals surface area contributed by atoms with Crippen LogP contribution in [0, 0.1) is 5.92 Å². The highest BCUT2D eigenvalue weighted by Crippen LogP contribution is 2.16. The van der Waals surface area contributed by atoms with E-state index >= 15 is 0 Å². The summed E-state index contributed by atoms with van der Waals surface area (Å²) in [6, 6.07) is 0. The van der Waals surface area contributed by atoms with Crippen LogP contribution in [-0.4, -0.2) is 57.3 Å². The largest absolute Gasteiger partial charge is 0.357 e. The van der Waals surface area contributed by atoms with E-state index in [1.807, 2.05) is 20.8 Å². The first-order valence-electron chi connectivity index (χ1n) is 7.65. The number of nitrogens with one attached hydrogen (secondary N) is 2. The van der Waals surface area contributed by atoms with Crippen molar-refractivity contribution in [1.82, 2.24) is 14.9 Å². The van der Waals surface area contributed by atoms with E-state index in [-0.39, 0.29) is 24.0 Å². The number of guanidine groups is 1. The summed E-state index contributed by atoms with van der Waals surface area (Å²) in [4.78, 5) is 6.89. The number of likely N-dealkylation sites (tertiary alicyclic amines) is 1. The van der Waals surface area contributed by atoms with Crippen LogP contribution >= 0.6 is 24.0 Å². The summed E-state index contributed by atoms with van der Waals surface area (Å²) in [5, 5.41) is 3.30. The molecule has 0 aromatic carbocycles. The third-order valence-corrected chi connectivity index (χ3v) is 4.43. The first-order chi connectivity index (χ1) is 9.63. The van der Waals surface area contributed by atoms with E-state index in [1.165, 1.54) is 19.1 Å². The summed E-state index contributed by atoms with van der Waals surface area (Å²) >= 11 is 0. The number of hydrogen-bond donors (Lipinski definition) is 2. The first-order valence-corrected chi connectivity index (χ1v) is 9.54. The van der Waals surface area contributed by atoms with Gasteiger partial charge in [-0.05, 0) is 39.5 Å². The molecule has 1 heterocycles. The molecule has 2 N–H and O–H groups in total. The van der Waals surface area contributed by atoms with E-state index in [9.17, 15) is 8.42 Å². The third kappa shape index (κ3) is 8.52. The van der Waals surface area contributed by atoms with E-state index in [0.29, 0.717) is 6.54 Å². The van der Waals surface area contributed by atoms with Crippen molar-refractivity contribution in [3.05, 3.63) is 0 Å². The SMILES string of the molecule is CCNC(=NCC(C)(C)NS(C)(=O)=O)N1CCC(C)CC1.I. The maximum Gasteiger partial charge on any atom is 0.209 e. The lowest BCUT2D eigenvalue weighted by Crippen LogP contribution is -2.48. The van der Waals surface area contributed by atoms with Crippen LogP contribution in [0.1, 0.15) is 40.5 Å². The second-order valence-electron chi connectivity index (χ2n) is 6.60. The molecule has 1 fully saturated rings. The molecule has 0 spiro atoms. The monoisotopic (exact) mass is 446 g/mol. The molecule has 0 saturated carbocycles. The number of piperidine rings is 1. The van der Waals surface area contributed by atoms with Crippen molar-refractivity contribution in [1.29, 1.82) is 0 Å². The Morgan fingerprint density at radius 2 is 1.86 bits per heavy atom. The quantitative estimate of drug-likeness (QED) is 0.383. The summed E-state index contributed by atoms with van der Waals surface area (Å²) in [6.07, 6.45) is 3.53. The smallest absolute Gasteiger partial charge is 0.209 e. The van der Waals surface area contributed by atoms with Crippen LogP contribution in [0.2, 0.25) is 0 Å². The van der Waals surface area contributed by atoms with Gasteiger partial charge in [0.15, 0.2) is 5.96 Å². The molecule has 1 saturated heterocycles. The number of rotatable bonds is 5. The van der Waals surface area contributed by atoms with E-state index in [1.54, 1.807) is 0 Å². The van der Waals surface area contributed by atoms with Gasteiger partial charge in [-0.15, -0.1) is 24.0 Å². The van der Waals surface area contributed by atoms with Crippen LogP contribution in [0.4, 0.5) is 0 Å². The second-order valence-corrected chi connectivity index (χ2v) is 8.35. The topological polar surface area (TPSA) is 73.8 Å². The third-order valence-electron chi connectivity index (χ3n) is 3.50. The first kappa shape index (κ1) is 21.9. The van der Waals surface area contributed by atoms with Crippen LogP contribution in [0.5, 0.6) is 0 Å². The van der Waals surface area contributed by atoms with E-state index in [2.05, 4.69) is 26.9 Å². The Balaban J connectivity index is 0.00000441. The van der Waals surface area contributed by atoms with Gasteiger partial charge in [0.2, 0.25) is 10.0 Å². The Morgan fingerprint density at radius 3 is 2.32 bits per heavy atom. The van der Waals surface area contributed by atoms with E-state index in [0.717, 1.165) is 31.5 Å². The zero-order valence-electron chi connectivity index (χ0n) is 14.3. The lowest BCUT2D eigenvalue weighted by molar-refractivity contribution is 0.272. The van der Waals surface area contributed by atoms with Gasteiger partial charge in [0.05, 0.1) is 12.8 Å². The predicted octanol–water partition coefficient (Wildman–Crippen LogP) is 1.63. The zero-order valence-corrected chi connectivity index (χ0v) is 17.5. The zero-order chi connectivity index (χ0) is 16.1. The average molecular weight is 446 g/mol. The number of sulfonamides is 1. The Labute approximate surface area is 152 Å². The molecule has 1 aliphatic heterocycles. The molecule has 0 aromatic heterocycles. The van der Waals surface area contributed by atoms with E-state index < -0.39 is 15.6 Å². The van der Waals surface area contributed by atoms with Gasteiger partial charge in [0.25, 0.3) is 0 Å². The lowest BCUT2D eigenvalue weighted by atomic mass is 9.99. The van der Waals surface area contributed by atoms with Gasteiger partial charge in [-0.25, -0.2) is 13.1 Å². The van der Waals surface area contributed by atoms with Crippen LogP contribution in [0.3, 0.4) is 0 Å². The van der Waals surface area contributed by atoms with Crippen molar-refractivity contribution in [3.63, 3.8) is 0 Å². The molecule has 0 aliphatic carbocycles. The molecule has 8 heteroatoms. The number of aliphatic imine (C=N–C) groups is 1. The molecule has 0 bridgehead atoms. The van der Waals surface area contributed by atoms with E-state index in [4.69, 9.17) is 0 Å². The van der Waals surface area contributed by atoms with Gasteiger partial charge >= 0.3 is 0 Å². The molecule has 1 rings (SSSR count). The Kier molecular flexibility index (Phi) is 9.23. The van der Waals surface area contributed by atoms with Crippen molar-refractivity contribution in [2.24, 2.45) is 10.9 Å². The normalized spacial score (nSPS) is 18.0. The highest BCUT2D eigenvalue weighted by molar-refractivity contribution is 14.0. The Bertz CT molecular complexity index is 457. The van der Waals surface area contributed by atoms with Crippen molar-refractivity contribution >= 4 is 40.0 Å². The van der Waals surface area contributed by atoms with Crippen molar-refractivity contribution < 1.29 is 8.42 Å². The summed E-state index contributed by atoms with van der Waals surface area (Å²) in [6.45, 7) is 11.3. The highest BCUT2D eigenvalue weighted by atomic mass is 127. The van der Waals surface area contributed by atoms with Crippen LogP contribution < -0.4 is 10.0 Å². The molecule has 0 atom stereocenters. The average Bonchev–Trinajstić information content (AvgIpc) is 2.33. The number of halogens is 1. The minimum absolute atomic E-state index is 0. The van der Waals surface area contributed by atoms with Crippen LogP contribution in [0.15, 0.2) is 4.99 Å². The fourth-order valence-corrected chi connectivity index (χ4v) is 3.52. The fourth-order valence-electron chi connectivity index (χ4n) is 2.45. The molecule has 22 heavy (non-hydrogen) atoms. The molecule has 0 aromatic rings. The summed E-state index contributed by atoms with van der Waals surface area (Å²) in [7, 11) is -3.23. The van der Waals surface area contributed by atoms with Gasteiger partial charge in [0.1, 0.15) is 0 Å². The molecule has 0 radical (unpaired) electrons. The highest BCUT2D eigenvalue weighted by Gasteiger charge is 2.23. The van der Waals surface area contributed by atoms with Crippen molar-refractivity contribution in [2.45, 2.75) is 46.1 Å². The standard InChI is InChI=1S/C14H30N4O2S.HI/c1-6-15-13(18-9-7-12(2)8-10-18)16-11-14(3,4)17-21(5,19)20;/h12,17H,6-11H2,1-5H3,(H,15,16);1H. The number of hydrogen-bond acceptors (Lipinski definition) is 3. The van der Waals surface area contributed by atoms with Gasteiger partial charge in [-0.1, -0.05) is 6.92 Å². The Morgan fingerprint density at radius 1 is 1.32 bits per heavy atom. The molecule has 1 aliphatic rings. The predicted molar refractivity (Wildman–Crippen MR) is 103 cm³/mol.